The highest BCUT2D eigenvalue weighted by Gasteiger charge is 2.30. The van der Waals surface area contributed by atoms with Crippen LogP contribution in [0.3, 0.4) is 0 Å². The molecule has 1 aromatic carbocycles. The Morgan fingerprint density at radius 2 is 2.13 bits per heavy atom. The van der Waals surface area contributed by atoms with Gasteiger partial charge in [-0.1, -0.05) is 29.1 Å². The lowest BCUT2D eigenvalue weighted by molar-refractivity contribution is 0.378. The van der Waals surface area contributed by atoms with E-state index in [-0.39, 0.29) is 5.82 Å². The molecule has 0 N–H and O–H groups in total. The van der Waals surface area contributed by atoms with Gasteiger partial charge in [-0.25, -0.2) is 4.39 Å². The van der Waals surface area contributed by atoms with Crippen molar-refractivity contribution in [2.24, 2.45) is 0 Å². The molecule has 0 bridgehead atoms. The van der Waals surface area contributed by atoms with E-state index in [4.69, 9.17) is 8.94 Å². The van der Waals surface area contributed by atoms with Crippen molar-refractivity contribution < 1.29 is 13.3 Å². The number of nitrogens with zero attached hydrogens (tertiary/aromatic N) is 5. The molecule has 31 heavy (non-hydrogen) atoms. The second-order valence-corrected chi connectivity index (χ2v) is 8.77. The van der Waals surface area contributed by atoms with Gasteiger partial charge < -0.3 is 8.94 Å². The van der Waals surface area contributed by atoms with Crippen LogP contribution in [0.1, 0.15) is 48.2 Å². The first-order valence-electron chi connectivity index (χ1n) is 10.3. The van der Waals surface area contributed by atoms with Crippen molar-refractivity contribution in [3.8, 4) is 11.4 Å². The first-order valence-corrected chi connectivity index (χ1v) is 11.3. The molecule has 1 aliphatic rings. The second-order valence-electron chi connectivity index (χ2n) is 7.71. The first-order chi connectivity index (χ1) is 15.2. The largest absolute Gasteiger partial charge is 0.467 e. The van der Waals surface area contributed by atoms with Gasteiger partial charge in [-0.05, 0) is 49.9 Å². The van der Waals surface area contributed by atoms with E-state index in [1.807, 2.05) is 12.1 Å². The SMILES string of the molecule is Cc1ccc(-c2noc(CCCSc3nnc(C4CC4)n3Cc3ccco3)n2)cc1F. The molecule has 5 rings (SSSR count). The van der Waals surface area contributed by atoms with Crippen molar-refractivity contribution in [3.05, 3.63) is 65.5 Å². The van der Waals surface area contributed by atoms with E-state index in [1.54, 1.807) is 37.1 Å². The van der Waals surface area contributed by atoms with Crippen LogP contribution in [0.25, 0.3) is 11.4 Å². The van der Waals surface area contributed by atoms with Crippen LogP contribution in [-0.4, -0.2) is 30.7 Å². The monoisotopic (exact) mass is 439 g/mol. The molecule has 0 unspecified atom stereocenters. The summed E-state index contributed by atoms with van der Waals surface area (Å²) < 4.78 is 26.8. The third kappa shape index (κ3) is 4.56. The van der Waals surface area contributed by atoms with Crippen LogP contribution < -0.4 is 0 Å². The summed E-state index contributed by atoms with van der Waals surface area (Å²) in [7, 11) is 0. The quantitative estimate of drug-likeness (QED) is 0.267. The summed E-state index contributed by atoms with van der Waals surface area (Å²) in [5.74, 6) is 3.99. The highest BCUT2D eigenvalue weighted by Crippen LogP contribution is 2.40. The van der Waals surface area contributed by atoms with Crippen molar-refractivity contribution >= 4 is 11.8 Å². The van der Waals surface area contributed by atoms with Gasteiger partial charge in [0.15, 0.2) is 5.16 Å². The van der Waals surface area contributed by atoms with Gasteiger partial charge in [-0.2, -0.15) is 4.98 Å². The van der Waals surface area contributed by atoms with Crippen LogP contribution in [0.5, 0.6) is 0 Å². The number of rotatable bonds is 9. The van der Waals surface area contributed by atoms with Crippen molar-refractivity contribution in [2.45, 2.75) is 50.2 Å². The molecule has 4 aromatic rings. The Balaban J connectivity index is 1.19. The Morgan fingerprint density at radius 1 is 1.23 bits per heavy atom. The number of halogens is 1. The van der Waals surface area contributed by atoms with Crippen LogP contribution in [0.4, 0.5) is 4.39 Å². The molecular formula is C22H22FN5O2S. The van der Waals surface area contributed by atoms with Gasteiger partial charge in [0.1, 0.15) is 17.4 Å². The molecule has 1 aliphatic carbocycles. The number of hydrogen-bond donors (Lipinski definition) is 0. The molecule has 0 aliphatic heterocycles. The smallest absolute Gasteiger partial charge is 0.226 e. The molecule has 3 heterocycles. The van der Waals surface area contributed by atoms with Gasteiger partial charge in [0.05, 0.1) is 12.8 Å². The zero-order chi connectivity index (χ0) is 21.2. The van der Waals surface area contributed by atoms with E-state index in [0.717, 1.165) is 28.9 Å². The summed E-state index contributed by atoms with van der Waals surface area (Å²) in [5, 5.41) is 13.7. The molecule has 160 valence electrons. The maximum Gasteiger partial charge on any atom is 0.226 e. The third-order valence-electron chi connectivity index (χ3n) is 5.25. The van der Waals surface area contributed by atoms with Crippen LogP contribution in [-0.2, 0) is 13.0 Å². The van der Waals surface area contributed by atoms with Crippen molar-refractivity contribution in [1.82, 2.24) is 24.9 Å². The number of aryl methyl sites for hydroxylation is 2. The summed E-state index contributed by atoms with van der Waals surface area (Å²) in [6.45, 7) is 2.37. The van der Waals surface area contributed by atoms with Gasteiger partial charge in [-0.3, -0.25) is 4.57 Å². The molecular weight excluding hydrogens is 417 g/mol. The minimum Gasteiger partial charge on any atom is -0.467 e. The van der Waals surface area contributed by atoms with E-state index >= 15 is 0 Å². The van der Waals surface area contributed by atoms with Crippen LogP contribution in [0.2, 0.25) is 0 Å². The third-order valence-corrected chi connectivity index (χ3v) is 6.30. The van der Waals surface area contributed by atoms with E-state index in [1.165, 1.54) is 18.9 Å². The summed E-state index contributed by atoms with van der Waals surface area (Å²) in [6, 6.07) is 8.81. The first kappa shape index (κ1) is 20.0. The van der Waals surface area contributed by atoms with Gasteiger partial charge in [0.2, 0.25) is 11.7 Å². The van der Waals surface area contributed by atoms with E-state index < -0.39 is 0 Å². The molecule has 0 radical (unpaired) electrons. The molecule has 0 amide bonds. The Bertz CT molecular complexity index is 1170. The second kappa shape index (κ2) is 8.66. The lowest BCUT2D eigenvalue weighted by Crippen LogP contribution is -2.05. The van der Waals surface area contributed by atoms with Gasteiger partial charge >= 0.3 is 0 Å². The van der Waals surface area contributed by atoms with Crippen LogP contribution in [0.15, 0.2) is 50.7 Å². The Morgan fingerprint density at radius 3 is 2.90 bits per heavy atom. The van der Waals surface area contributed by atoms with Gasteiger partial charge in [0.25, 0.3) is 0 Å². The number of benzene rings is 1. The fraction of sp³-hybridized carbons (Fsp3) is 0.364. The van der Waals surface area contributed by atoms with E-state index in [2.05, 4.69) is 24.9 Å². The number of aromatic nitrogens is 5. The predicted molar refractivity (Wildman–Crippen MR) is 113 cm³/mol. The van der Waals surface area contributed by atoms with Crippen molar-refractivity contribution in [3.63, 3.8) is 0 Å². The summed E-state index contributed by atoms with van der Waals surface area (Å²) >= 11 is 1.67. The molecule has 1 fully saturated rings. The predicted octanol–water partition coefficient (Wildman–Crippen LogP) is 5.02. The number of hydrogen-bond acceptors (Lipinski definition) is 7. The normalized spacial score (nSPS) is 13.7. The Labute approximate surface area is 183 Å². The van der Waals surface area contributed by atoms with Gasteiger partial charge in [0, 0.05) is 23.7 Å². The van der Waals surface area contributed by atoms with E-state index in [9.17, 15) is 4.39 Å². The fourth-order valence-electron chi connectivity index (χ4n) is 3.35. The lowest BCUT2D eigenvalue weighted by atomic mass is 10.1. The standard InChI is InChI=1S/C22H22FN5O2S/c1-14-6-7-16(12-18(14)23)20-24-19(30-27-20)5-3-11-31-22-26-25-21(15-8-9-15)28(22)13-17-4-2-10-29-17/h2,4,6-7,10,12,15H,3,5,8-9,11,13H2,1H3. The summed E-state index contributed by atoms with van der Waals surface area (Å²) in [5.41, 5.74) is 1.21. The fourth-order valence-corrected chi connectivity index (χ4v) is 4.23. The molecule has 0 saturated heterocycles. The summed E-state index contributed by atoms with van der Waals surface area (Å²) in [6.07, 6.45) is 5.53. The van der Waals surface area contributed by atoms with Crippen LogP contribution >= 0.6 is 11.8 Å². The zero-order valence-corrected chi connectivity index (χ0v) is 17.9. The molecule has 0 atom stereocenters. The maximum absolute atomic E-state index is 13.8. The number of thioether (sulfide) groups is 1. The molecule has 3 aromatic heterocycles. The highest BCUT2D eigenvalue weighted by molar-refractivity contribution is 7.99. The minimum atomic E-state index is -0.274. The van der Waals surface area contributed by atoms with Crippen molar-refractivity contribution in [2.75, 3.05) is 5.75 Å². The Hall–Kier alpha value is -2.94. The zero-order valence-electron chi connectivity index (χ0n) is 17.1. The Kier molecular flexibility index (Phi) is 5.59. The average Bonchev–Trinajstić information content (AvgIpc) is 3.16. The minimum absolute atomic E-state index is 0.274. The molecule has 7 nitrogen and oxygen atoms in total. The molecule has 9 heteroatoms. The highest BCUT2D eigenvalue weighted by atomic mass is 32.2. The number of furan rings is 1. The van der Waals surface area contributed by atoms with Crippen molar-refractivity contribution in [1.29, 1.82) is 0 Å². The average molecular weight is 440 g/mol. The molecule has 1 saturated carbocycles. The van der Waals surface area contributed by atoms with Crippen LogP contribution in [0, 0.1) is 12.7 Å². The summed E-state index contributed by atoms with van der Waals surface area (Å²) in [4.78, 5) is 4.40. The lowest BCUT2D eigenvalue weighted by Gasteiger charge is -2.07. The topological polar surface area (TPSA) is 82.8 Å². The maximum atomic E-state index is 13.8. The van der Waals surface area contributed by atoms with E-state index in [0.29, 0.717) is 41.7 Å². The molecule has 0 spiro atoms. The van der Waals surface area contributed by atoms with Gasteiger partial charge in [-0.15, -0.1) is 10.2 Å².